The number of nitrogens with two attached hydrogens (primary N) is 1. The van der Waals surface area contributed by atoms with E-state index in [0.29, 0.717) is 23.2 Å². The molecular formula is C16H17Cl2NOS. The second-order valence-corrected chi connectivity index (χ2v) is 6.46. The Morgan fingerprint density at radius 2 is 1.76 bits per heavy atom. The molecule has 5 heteroatoms. The van der Waals surface area contributed by atoms with E-state index in [-0.39, 0.29) is 0 Å². The first kappa shape index (κ1) is 16.5. The lowest BCUT2D eigenvalue weighted by molar-refractivity contribution is 0.318. The quantitative estimate of drug-likeness (QED) is 0.567. The van der Waals surface area contributed by atoms with E-state index in [0.717, 1.165) is 28.4 Å². The van der Waals surface area contributed by atoms with Crippen LogP contribution in [0, 0.1) is 0 Å². The summed E-state index contributed by atoms with van der Waals surface area (Å²) < 4.78 is 5.68. The molecule has 0 spiro atoms. The maximum absolute atomic E-state index is 5.98. The summed E-state index contributed by atoms with van der Waals surface area (Å²) in [6, 6.07) is 13.6. The number of rotatable bonds is 7. The molecular weight excluding hydrogens is 325 g/mol. The van der Waals surface area contributed by atoms with Gasteiger partial charge in [-0.2, -0.15) is 0 Å². The molecule has 0 aliphatic carbocycles. The summed E-state index contributed by atoms with van der Waals surface area (Å²) in [7, 11) is 0. The first-order chi connectivity index (χ1) is 10.2. The lowest BCUT2D eigenvalue weighted by atomic mass is 10.2. The molecule has 0 fully saturated rings. The molecule has 2 aromatic rings. The normalized spacial score (nSPS) is 10.6. The van der Waals surface area contributed by atoms with Crippen LogP contribution in [0.15, 0.2) is 47.4 Å². The minimum absolute atomic E-state index is 0.556. The number of thioether (sulfide) groups is 1. The Morgan fingerprint density at radius 1 is 1.00 bits per heavy atom. The topological polar surface area (TPSA) is 35.2 Å². The van der Waals surface area contributed by atoms with Gasteiger partial charge in [0.25, 0.3) is 0 Å². The summed E-state index contributed by atoms with van der Waals surface area (Å²) >= 11 is 13.6. The monoisotopic (exact) mass is 341 g/mol. The molecule has 0 unspecified atom stereocenters. The zero-order chi connectivity index (χ0) is 15.1. The minimum atomic E-state index is 0.556. The van der Waals surface area contributed by atoms with Crippen molar-refractivity contribution in [3.05, 3.63) is 58.1 Å². The van der Waals surface area contributed by atoms with Crippen LogP contribution in [-0.2, 0) is 6.54 Å². The largest absolute Gasteiger partial charge is 0.494 e. The van der Waals surface area contributed by atoms with E-state index < -0.39 is 0 Å². The third-order valence-corrected chi connectivity index (χ3v) is 4.70. The average molecular weight is 342 g/mol. The van der Waals surface area contributed by atoms with Gasteiger partial charge in [0.05, 0.1) is 16.7 Å². The number of hydrogen-bond donors (Lipinski definition) is 1. The zero-order valence-electron chi connectivity index (χ0n) is 11.5. The summed E-state index contributed by atoms with van der Waals surface area (Å²) in [6.07, 6.45) is 0.962. The summed E-state index contributed by atoms with van der Waals surface area (Å²) in [4.78, 5) is 1.12. The molecule has 2 rings (SSSR count). The van der Waals surface area contributed by atoms with Crippen LogP contribution in [-0.4, -0.2) is 12.4 Å². The van der Waals surface area contributed by atoms with Gasteiger partial charge in [-0.1, -0.05) is 35.3 Å². The fraction of sp³-hybridized carbons (Fsp3) is 0.250. The molecule has 0 aliphatic heterocycles. The SMILES string of the molecule is NCc1ccc(OCCCSc2ccc(Cl)c(Cl)c2)cc1. The third kappa shape index (κ3) is 5.44. The number of halogens is 2. The highest BCUT2D eigenvalue weighted by Crippen LogP contribution is 2.28. The van der Waals surface area contributed by atoms with Gasteiger partial charge >= 0.3 is 0 Å². The predicted octanol–water partition coefficient (Wildman–Crippen LogP) is 5.01. The van der Waals surface area contributed by atoms with Gasteiger partial charge in [-0.05, 0) is 42.3 Å². The molecule has 2 nitrogen and oxygen atoms in total. The molecule has 0 saturated carbocycles. The molecule has 0 aliphatic rings. The Balaban J connectivity index is 1.68. The molecule has 0 amide bonds. The second-order valence-electron chi connectivity index (χ2n) is 4.47. The number of ether oxygens (including phenoxy) is 1. The van der Waals surface area contributed by atoms with E-state index in [1.54, 1.807) is 11.8 Å². The van der Waals surface area contributed by atoms with Gasteiger partial charge < -0.3 is 10.5 Å². The van der Waals surface area contributed by atoms with E-state index in [1.165, 1.54) is 0 Å². The molecule has 2 N–H and O–H groups in total. The third-order valence-electron chi connectivity index (χ3n) is 2.88. The van der Waals surface area contributed by atoms with Gasteiger partial charge in [0.15, 0.2) is 0 Å². The average Bonchev–Trinajstić information content (AvgIpc) is 2.51. The van der Waals surface area contributed by atoms with Crippen molar-refractivity contribution in [1.29, 1.82) is 0 Å². The first-order valence-corrected chi connectivity index (χ1v) is 8.43. The van der Waals surface area contributed by atoms with Crippen molar-refractivity contribution < 1.29 is 4.74 Å². The summed E-state index contributed by atoms with van der Waals surface area (Å²) in [5.41, 5.74) is 6.66. The van der Waals surface area contributed by atoms with Crippen LogP contribution in [0.5, 0.6) is 5.75 Å². The number of hydrogen-bond acceptors (Lipinski definition) is 3. The van der Waals surface area contributed by atoms with Gasteiger partial charge in [0.1, 0.15) is 5.75 Å². The van der Waals surface area contributed by atoms with Crippen molar-refractivity contribution in [1.82, 2.24) is 0 Å². The van der Waals surface area contributed by atoms with Gasteiger partial charge in [-0.15, -0.1) is 11.8 Å². The Morgan fingerprint density at radius 3 is 2.43 bits per heavy atom. The van der Waals surface area contributed by atoms with E-state index in [9.17, 15) is 0 Å². The van der Waals surface area contributed by atoms with Gasteiger partial charge in [-0.3, -0.25) is 0 Å². The van der Waals surface area contributed by atoms with Crippen LogP contribution in [0.3, 0.4) is 0 Å². The van der Waals surface area contributed by atoms with Crippen molar-refractivity contribution in [3.63, 3.8) is 0 Å². The molecule has 0 bridgehead atoms. The Bertz CT molecular complexity index is 575. The van der Waals surface area contributed by atoms with Gasteiger partial charge in [0, 0.05) is 17.2 Å². The minimum Gasteiger partial charge on any atom is -0.494 e. The van der Waals surface area contributed by atoms with Crippen LogP contribution in [0.2, 0.25) is 10.0 Å². The van der Waals surface area contributed by atoms with Gasteiger partial charge in [0.2, 0.25) is 0 Å². The van der Waals surface area contributed by atoms with Crippen LogP contribution in [0.4, 0.5) is 0 Å². The molecule has 112 valence electrons. The van der Waals surface area contributed by atoms with Crippen molar-refractivity contribution in [3.8, 4) is 5.75 Å². The van der Waals surface area contributed by atoms with Crippen LogP contribution in [0.1, 0.15) is 12.0 Å². The molecule has 0 atom stereocenters. The van der Waals surface area contributed by atoms with Crippen molar-refractivity contribution in [2.24, 2.45) is 5.73 Å². The lowest BCUT2D eigenvalue weighted by Gasteiger charge is -2.07. The predicted molar refractivity (Wildman–Crippen MR) is 91.6 cm³/mol. The van der Waals surface area contributed by atoms with E-state index >= 15 is 0 Å². The highest BCUT2D eigenvalue weighted by Gasteiger charge is 2.00. The van der Waals surface area contributed by atoms with E-state index in [2.05, 4.69) is 0 Å². The Kier molecular flexibility index (Phi) is 6.71. The summed E-state index contributed by atoms with van der Waals surface area (Å²) in [5.74, 6) is 1.85. The van der Waals surface area contributed by atoms with Crippen LogP contribution in [0.25, 0.3) is 0 Å². The van der Waals surface area contributed by atoms with Crippen molar-refractivity contribution >= 4 is 35.0 Å². The highest BCUT2D eigenvalue weighted by molar-refractivity contribution is 7.99. The lowest BCUT2D eigenvalue weighted by Crippen LogP contribution is -2.00. The highest BCUT2D eigenvalue weighted by atomic mass is 35.5. The fourth-order valence-corrected chi connectivity index (χ4v) is 2.95. The second kappa shape index (κ2) is 8.54. The molecule has 0 heterocycles. The maximum Gasteiger partial charge on any atom is 0.119 e. The maximum atomic E-state index is 5.98. The Hall–Kier alpha value is -0.870. The fourth-order valence-electron chi connectivity index (χ4n) is 1.73. The van der Waals surface area contributed by atoms with Gasteiger partial charge in [-0.25, -0.2) is 0 Å². The molecule has 0 saturated heterocycles. The molecule has 0 radical (unpaired) electrons. The van der Waals surface area contributed by atoms with Crippen LogP contribution < -0.4 is 10.5 Å². The molecule has 21 heavy (non-hydrogen) atoms. The molecule has 0 aromatic heterocycles. The standard InChI is InChI=1S/C16H17Cl2NOS/c17-15-7-6-14(10-16(15)18)21-9-1-8-20-13-4-2-12(11-19)3-5-13/h2-7,10H,1,8-9,11,19H2. The molecule has 2 aromatic carbocycles. The van der Waals surface area contributed by atoms with Crippen LogP contribution >= 0.6 is 35.0 Å². The first-order valence-electron chi connectivity index (χ1n) is 6.68. The summed E-state index contributed by atoms with van der Waals surface area (Å²) in [6.45, 7) is 1.25. The Labute approximate surface area is 139 Å². The smallest absolute Gasteiger partial charge is 0.119 e. The summed E-state index contributed by atoms with van der Waals surface area (Å²) in [5, 5.41) is 1.18. The van der Waals surface area contributed by atoms with Crippen molar-refractivity contribution in [2.75, 3.05) is 12.4 Å². The van der Waals surface area contributed by atoms with E-state index in [1.807, 2.05) is 42.5 Å². The van der Waals surface area contributed by atoms with Crippen molar-refractivity contribution in [2.45, 2.75) is 17.9 Å². The zero-order valence-corrected chi connectivity index (χ0v) is 13.8. The van der Waals surface area contributed by atoms with E-state index in [4.69, 9.17) is 33.7 Å². The number of benzene rings is 2.